The Kier molecular flexibility index (Phi) is 3.97. The van der Waals surface area contributed by atoms with Gasteiger partial charge in [0.25, 0.3) is 0 Å². The molecule has 0 bridgehead atoms. The lowest BCUT2D eigenvalue weighted by atomic mass is 9.94. The average Bonchev–Trinajstić information content (AvgIpc) is 2.97. The molecule has 0 atom stereocenters. The molecule has 0 aliphatic rings. The van der Waals surface area contributed by atoms with Crippen LogP contribution in [-0.2, 0) is 11.2 Å². The lowest BCUT2D eigenvalue weighted by Crippen LogP contribution is -2.19. The van der Waals surface area contributed by atoms with Crippen LogP contribution in [0.15, 0.2) is 66.7 Å². The second-order valence-corrected chi connectivity index (χ2v) is 6.10. The van der Waals surface area contributed by atoms with Crippen molar-refractivity contribution in [3.05, 3.63) is 72.3 Å². The van der Waals surface area contributed by atoms with E-state index >= 15 is 0 Å². The van der Waals surface area contributed by atoms with E-state index in [0.717, 1.165) is 27.1 Å². The van der Waals surface area contributed by atoms with Gasteiger partial charge in [-0.05, 0) is 39.6 Å². The fraction of sp³-hybridized carbons (Fsp3) is 0.0952. The highest BCUT2D eigenvalue weighted by Crippen LogP contribution is 2.29. The van der Waals surface area contributed by atoms with E-state index in [4.69, 9.17) is 4.84 Å². The number of carbonyl (C=O) groups is 1. The number of aromatic nitrogens is 1. The zero-order chi connectivity index (χ0) is 18.1. The van der Waals surface area contributed by atoms with Gasteiger partial charge in [0, 0.05) is 12.1 Å². The second-order valence-electron chi connectivity index (χ2n) is 6.10. The molecule has 0 aliphatic heterocycles. The van der Waals surface area contributed by atoms with Crippen molar-refractivity contribution in [1.82, 2.24) is 4.73 Å². The van der Waals surface area contributed by atoms with Crippen molar-refractivity contribution in [3.8, 4) is 11.8 Å². The fourth-order valence-corrected chi connectivity index (χ4v) is 3.25. The minimum absolute atomic E-state index is 0.120. The van der Waals surface area contributed by atoms with E-state index in [1.165, 1.54) is 12.1 Å². The molecule has 0 spiro atoms. The summed E-state index contributed by atoms with van der Waals surface area (Å²) in [4.78, 5) is 17.2. The largest absolute Gasteiger partial charge is 0.492 e. The van der Waals surface area contributed by atoms with Gasteiger partial charge in [-0.1, -0.05) is 48.5 Å². The van der Waals surface area contributed by atoms with Gasteiger partial charge < -0.3 is 15.1 Å². The van der Waals surface area contributed by atoms with Crippen LogP contribution >= 0.6 is 0 Å². The van der Waals surface area contributed by atoms with Gasteiger partial charge in [-0.25, -0.2) is 4.79 Å². The third kappa shape index (κ3) is 2.84. The quantitative estimate of drug-likeness (QED) is 0.551. The third-order valence-corrected chi connectivity index (χ3v) is 4.45. The van der Waals surface area contributed by atoms with Crippen LogP contribution in [0.2, 0.25) is 0 Å². The highest BCUT2D eigenvalue weighted by Gasteiger charge is 2.14. The van der Waals surface area contributed by atoms with Crippen LogP contribution in [0.25, 0.3) is 21.5 Å². The molecule has 0 saturated heterocycles. The zero-order valence-electron chi connectivity index (χ0n) is 13.9. The highest BCUT2D eigenvalue weighted by molar-refractivity contribution is 6.02. The number of benzene rings is 3. The molecule has 5 nitrogen and oxygen atoms in total. The normalized spacial score (nSPS) is 11.1. The Labute approximate surface area is 149 Å². The number of hydrogen-bond acceptors (Lipinski definition) is 4. The van der Waals surface area contributed by atoms with E-state index in [0.29, 0.717) is 11.2 Å². The van der Waals surface area contributed by atoms with Crippen molar-refractivity contribution >= 4 is 27.5 Å². The fourth-order valence-electron chi connectivity index (χ4n) is 3.25. The van der Waals surface area contributed by atoms with E-state index in [2.05, 4.69) is 18.2 Å². The van der Waals surface area contributed by atoms with Gasteiger partial charge in [-0.15, -0.1) is 4.73 Å². The molecule has 0 saturated carbocycles. The number of rotatable bonds is 4. The molecule has 0 aliphatic carbocycles. The number of aryl methyl sites for hydroxylation is 1. The molecule has 1 aromatic heterocycles. The van der Waals surface area contributed by atoms with Gasteiger partial charge >= 0.3 is 5.97 Å². The molecule has 130 valence electrons. The summed E-state index contributed by atoms with van der Waals surface area (Å²) in [5, 5.41) is 23.6. The van der Waals surface area contributed by atoms with Crippen molar-refractivity contribution in [2.24, 2.45) is 0 Å². The van der Waals surface area contributed by atoms with Crippen molar-refractivity contribution in [2.45, 2.75) is 12.8 Å². The summed E-state index contributed by atoms with van der Waals surface area (Å²) in [7, 11) is 0. The van der Waals surface area contributed by atoms with Crippen molar-refractivity contribution < 1.29 is 19.8 Å². The van der Waals surface area contributed by atoms with Crippen molar-refractivity contribution in [1.29, 1.82) is 0 Å². The molecule has 2 N–H and O–H groups in total. The Balaban J connectivity index is 1.65. The molecule has 3 aromatic carbocycles. The summed E-state index contributed by atoms with van der Waals surface area (Å²) in [5.41, 5.74) is 1.08. The van der Waals surface area contributed by atoms with Gasteiger partial charge in [-0.2, -0.15) is 0 Å². The number of aromatic hydroxyl groups is 2. The van der Waals surface area contributed by atoms with Crippen LogP contribution < -0.4 is 4.84 Å². The maximum atomic E-state index is 12.2. The van der Waals surface area contributed by atoms with Gasteiger partial charge in [0.1, 0.15) is 0 Å². The Morgan fingerprint density at radius 3 is 1.96 bits per heavy atom. The van der Waals surface area contributed by atoms with Crippen LogP contribution in [0, 0.1) is 0 Å². The van der Waals surface area contributed by atoms with Crippen LogP contribution in [0.1, 0.15) is 12.0 Å². The molecule has 26 heavy (non-hydrogen) atoms. The summed E-state index contributed by atoms with van der Waals surface area (Å²) >= 11 is 0. The predicted octanol–water partition coefficient (Wildman–Crippen LogP) is 3.79. The molecule has 0 amide bonds. The molecule has 4 aromatic rings. The van der Waals surface area contributed by atoms with Crippen molar-refractivity contribution in [3.63, 3.8) is 0 Å². The topological polar surface area (TPSA) is 71.7 Å². The smallest absolute Gasteiger partial charge is 0.333 e. The van der Waals surface area contributed by atoms with E-state index < -0.39 is 5.97 Å². The number of carbonyl (C=O) groups excluding carboxylic acids is 1. The van der Waals surface area contributed by atoms with Crippen LogP contribution in [0.5, 0.6) is 11.8 Å². The summed E-state index contributed by atoms with van der Waals surface area (Å²) < 4.78 is 0.712. The molecule has 0 fully saturated rings. The SMILES string of the molecule is O=C(CCc1c2ccccc2cc2ccccc12)On1c(O)ccc1O. The Bertz CT molecular complexity index is 1040. The number of nitrogens with zero attached hydrogens (tertiary/aromatic N) is 1. The average molecular weight is 347 g/mol. The first-order valence-electron chi connectivity index (χ1n) is 8.34. The maximum Gasteiger partial charge on any atom is 0.333 e. The van der Waals surface area contributed by atoms with Gasteiger partial charge in [0.2, 0.25) is 11.8 Å². The summed E-state index contributed by atoms with van der Waals surface area (Å²) in [6, 6.07) is 20.8. The first-order chi connectivity index (χ1) is 12.6. The summed E-state index contributed by atoms with van der Waals surface area (Å²) in [6.07, 6.45) is 0.610. The Morgan fingerprint density at radius 2 is 1.38 bits per heavy atom. The molecule has 0 unspecified atom stereocenters. The number of fused-ring (bicyclic) bond motifs is 2. The molecule has 1 heterocycles. The lowest BCUT2D eigenvalue weighted by Gasteiger charge is -2.12. The predicted molar refractivity (Wildman–Crippen MR) is 99.1 cm³/mol. The van der Waals surface area contributed by atoms with Crippen LogP contribution in [0.4, 0.5) is 0 Å². The van der Waals surface area contributed by atoms with Crippen LogP contribution in [0.3, 0.4) is 0 Å². The van der Waals surface area contributed by atoms with E-state index in [9.17, 15) is 15.0 Å². The van der Waals surface area contributed by atoms with Gasteiger partial charge in [0.15, 0.2) is 0 Å². The van der Waals surface area contributed by atoms with Gasteiger partial charge in [0.05, 0.1) is 6.42 Å². The summed E-state index contributed by atoms with van der Waals surface area (Å²) in [5.74, 6) is -1.19. The lowest BCUT2D eigenvalue weighted by molar-refractivity contribution is -0.145. The molecular formula is C21H17NO4. The molecule has 5 heteroatoms. The van der Waals surface area contributed by atoms with E-state index in [-0.39, 0.29) is 18.2 Å². The minimum Gasteiger partial charge on any atom is -0.492 e. The van der Waals surface area contributed by atoms with Crippen molar-refractivity contribution in [2.75, 3.05) is 0 Å². The first-order valence-corrected chi connectivity index (χ1v) is 8.34. The second kappa shape index (κ2) is 6.44. The maximum absolute atomic E-state index is 12.2. The monoisotopic (exact) mass is 347 g/mol. The van der Waals surface area contributed by atoms with E-state index in [1.54, 1.807) is 0 Å². The molecule has 4 rings (SSSR count). The van der Waals surface area contributed by atoms with Gasteiger partial charge in [-0.3, -0.25) is 0 Å². The molecule has 0 radical (unpaired) electrons. The molecular weight excluding hydrogens is 330 g/mol. The Hall–Kier alpha value is -3.47. The third-order valence-electron chi connectivity index (χ3n) is 4.45. The zero-order valence-corrected chi connectivity index (χ0v) is 13.9. The first kappa shape index (κ1) is 16.0. The van der Waals surface area contributed by atoms with Crippen LogP contribution in [-0.4, -0.2) is 20.9 Å². The Morgan fingerprint density at radius 1 is 0.846 bits per heavy atom. The minimum atomic E-state index is -0.538. The van der Waals surface area contributed by atoms with E-state index in [1.807, 2.05) is 36.4 Å². The summed E-state index contributed by atoms with van der Waals surface area (Å²) in [6.45, 7) is 0. The standard InChI is InChI=1S/C21H17NO4/c23-19-10-11-20(24)22(19)26-21(25)12-9-18-16-7-3-1-5-14(16)13-15-6-2-4-8-17(15)18/h1-8,10-11,13,23-24H,9,12H2. The number of hydrogen-bond donors (Lipinski definition) is 2. The highest BCUT2D eigenvalue weighted by atomic mass is 16.7.